The van der Waals surface area contributed by atoms with Crippen LogP contribution in [0.15, 0.2) is 188 Å². The van der Waals surface area contributed by atoms with Crippen molar-refractivity contribution in [3.8, 4) is 33.4 Å². The van der Waals surface area contributed by atoms with Crippen LogP contribution in [-0.4, -0.2) is 8.07 Å². The molecule has 0 fully saturated rings. The van der Waals surface area contributed by atoms with E-state index in [0.29, 0.717) is 0 Å². The van der Waals surface area contributed by atoms with Crippen LogP contribution in [0.1, 0.15) is 74.9 Å². The molecule has 0 unspecified atom stereocenters. The molecule has 3 aliphatic heterocycles. The average Bonchev–Trinajstić information content (AvgIpc) is 3.88. The molecule has 0 aromatic heterocycles. The second-order valence-corrected chi connectivity index (χ2v) is 24.1. The van der Waals surface area contributed by atoms with Crippen LogP contribution in [0.25, 0.3) is 44.2 Å². The molecule has 0 saturated carbocycles. The lowest BCUT2D eigenvalue weighted by atomic mass is 9.63. The summed E-state index contributed by atoms with van der Waals surface area (Å²) in [5, 5.41) is 8.50. The summed E-state index contributed by atoms with van der Waals surface area (Å²) in [5.41, 5.74) is 19.4. The van der Waals surface area contributed by atoms with E-state index in [9.17, 15) is 0 Å². The van der Waals surface area contributed by atoms with Crippen molar-refractivity contribution in [1.82, 2.24) is 0 Å². The number of hydrogen-bond donors (Lipinski definition) is 0. The third-order valence-corrected chi connectivity index (χ3v) is 20.1. The summed E-state index contributed by atoms with van der Waals surface area (Å²) in [7, 11) is -2.68. The van der Waals surface area contributed by atoms with E-state index < -0.39 is 13.5 Å². The molecule has 0 bridgehead atoms. The first-order chi connectivity index (χ1) is 30.5. The molecule has 0 saturated heterocycles. The second kappa shape index (κ2) is 12.5. The topological polar surface area (TPSA) is 3.24 Å². The molecular formula is C61H49NSi. The fourth-order valence-electron chi connectivity index (χ4n) is 12.3. The minimum Gasteiger partial charge on any atom is -0.310 e. The highest BCUT2D eigenvalue weighted by Gasteiger charge is 2.55. The number of anilines is 3. The van der Waals surface area contributed by atoms with Gasteiger partial charge in [-0.05, 0) is 139 Å². The number of para-hydroxylation sites is 1. The molecular weight excluding hydrogens is 775 g/mol. The van der Waals surface area contributed by atoms with Crippen LogP contribution in [0.4, 0.5) is 17.1 Å². The lowest BCUT2D eigenvalue weighted by Gasteiger charge is -2.46. The maximum Gasteiger partial charge on any atom is 0.182 e. The van der Waals surface area contributed by atoms with E-state index in [-0.39, 0.29) is 10.8 Å². The molecule has 9 aromatic carbocycles. The summed E-state index contributed by atoms with van der Waals surface area (Å²) in [5.74, 6) is 0. The van der Waals surface area contributed by atoms with E-state index in [1.165, 1.54) is 115 Å². The number of benzene rings is 9. The van der Waals surface area contributed by atoms with Crippen LogP contribution in [0, 0.1) is 0 Å². The van der Waals surface area contributed by atoms with Gasteiger partial charge in [0.15, 0.2) is 8.07 Å². The summed E-state index contributed by atoms with van der Waals surface area (Å²) in [6, 6.07) is 73.4. The highest BCUT2D eigenvalue weighted by atomic mass is 28.3. The molecule has 2 spiro atoms. The van der Waals surface area contributed by atoms with Gasteiger partial charge in [0.25, 0.3) is 0 Å². The first kappa shape index (κ1) is 36.9. The molecule has 1 aliphatic carbocycles. The molecule has 4 aliphatic rings. The average molecular weight is 824 g/mol. The number of hydrogen-bond acceptors (Lipinski definition) is 1. The molecule has 13 rings (SSSR count). The smallest absolute Gasteiger partial charge is 0.182 e. The van der Waals surface area contributed by atoms with Crippen LogP contribution >= 0.6 is 0 Å². The predicted molar refractivity (Wildman–Crippen MR) is 268 cm³/mol. The first-order valence-corrected chi connectivity index (χ1v) is 24.7. The standard InChI is InChI=1S/C61H49NSi/c1-59(2,3)40-27-30-43-44-31-28-41(60(4,5)6)36-51(44)61(50(43)35-40)49-22-12-13-23-53(49)62(54-34-39-18-8-7-17-38(39)33-52(54)61)42-29-32-48-47-21-11-16-26-57(47)63(58(48)37-42)55-24-14-9-19-45(55)46-20-10-15-25-56(46)63/h7-37H,1-6H3. The van der Waals surface area contributed by atoms with E-state index in [0.717, 1.165) is 0 Å². The van der Waals surface area contributed by atoms with Gasteiger partial charge >= 0.3 is 0 Å². The van der Waals surface area contributed by atoms with Gasteiger partial charge in [-0.3, -0.25) is 0 Å². The van der Waals surface area contributed by atoms with Gasteiger partial charge in [0.1, 0.15) is 0 Å². The minimum absolute atomic E-state index is 0.0205. The van der Waals surface area contributed by atoms with Crippen molar-refractivity contribution in [3.63, 3.8) is 0 Å². The van der Waals surface area contributed by atoms with Crippen molar-refractivity contribution in [2.75, 3.05) is 4.90 Å². The molecule has 0 radical (unpaired) electrons. The van der Waals surface area contributed by atoms with Crippen molar-refractivity contribution in [1.29, 1.82) is 0 Å². The zero-order valence-electron chi connectivity index (χ0n) is 36.8. The summed E-state index contributed by atoms with van der Waals surface area (Å²) in [6.45, 7) is 14.1. The van der Waals surface area contributed by atoms with Gasteiger partial charge in [0.2, 0.25) is 0 Å². The highest BCUT2D eigenvalue weighted by Crippen LogP contribution is 2.64. The molecule has 9 aromatic rings. The third-order valence-electron chi connectivity index (χ3n) is 15.2. The van der Waals surface area contributed by atoms with E-state index in [1.807, 2.05) is 0 Å². The maximum absolute atomic E-state index is 2.68. The number of nitrogens with zero attached hydrogens (tertiary/aromatic N) is 1. The van der Waals surface area contributed by atoms with Gasteiger partial charge in [-0.15, -0.1) is 0 Å². The zero-order valence-corrected chi connectivity index (χ0v) is 37.8. The van der Waals surface area contributed by atoms with Crippen LogP contribution in [0.5, 0.6) is 0 Å². The van der Waals surface area contributed by atoms with Crippen molar-refractivity contribution in [2.24, 2.45) is 0 Å². The Morgan fingerprint density at radius 1 is 0.349 bits per heavy atom. The summed E-state index contributed by atoms with van der Waals surface area (Å²) in [4.78, 5) is 2.62. The van der Waals surface area contributed by atoms with Crippen LogP contribution < -0.4 is 25.6 Å². The SMILES string of the molecule is CC(C)(C)c1ccc2c(c1)C1(c3cc(C(C)(C)C)ccc3-2)c2ccccc2N(c2ccc3c(c2)[Si]2(c4ccccc4-c4ccccc42)c2ccccc2-3)c2cc3ccccc3cc21. The Balaban J connectivity index is 1.15. The van der Waals surface area contributed by atoms with Crippen molar-refractivity contribution in [2.45, 2.75) is 57.8 Å². The quantitative estimate of drug-likeness (QED) is 0.149. The van der Waals surface area contributed by atoms with E-state index in [2.05, 4.69) is 234 Å². The Kier molecular flexibility index (Phi) is 7.29. The Labute approximate surface area is 372 Å². The third kappa shape index (κ3) is 4.67. The number of rotatable bonds is 1. The van der Waals surface area contributed by atoms with E-state index in [1.54, 1.807) is 0 Å². The fraction of sp³-hybridized carbons (Fsp3) is 0.148. The summed E-state index contributed by atoms with van der Waals surface area (Å²) < 4.78 is 0. The largest absolute Gasteiger partial charge is 0.310 e. The summed E-state index contributed by atoms with van der Waals surface area (Å²) >= 11 is 0. The second-order valence-electron chi connectivity index (χ2n) is 20.5. The van der Waals surface area contributed by atoms with Gasteiger partial charge in [0, 0.05) is 5.69 Å². The lowest BCUT2D eigenvalue weighted by Crippen LogP contribution is -2.70. The maximum atomic E-state index is 2.62. The van der Waals surface area contributed by atoms with Crippen molar-refractivity contribution >= 4 is 56.7 Å². The number of fused-ring (bicyclic) bond motifs is 20. The first-order valence-electron chi connectivity index (χ1n) is 22.7. The van der Waals surface area contributed by atoms with Gasteiger partial charge in [-0.2, -0.15) is 0 Å². The predicted octanol–water partition coefficient (Wildman–Crippen LogP) is 12.9. The molecule has 2 heteroatoms. The van der Waals surface area contributed by atoms with Crippen molar-refractivity contribution < 1.29 is 0 Å². The minimum atomic E-state index is -2.68. The van der Waals surface area contributed by atoms with Gasteiger partial charge < -0.3 is 4.90 Å². The van der Waals surface area contributed by atoms with Gasteiger partial charge in [-0.1, -0.05) is 199 Å². The van der Waals surface area contributed by atoms with Gasteiger partial charge in [-0.25, -0.2) is 0 Å². The van der Waals surface area contributed by atoms with E-state index >= 15 is 0 Å². The Hall–Kier alpha value is -6.74. The Morgan fingerprint density at radius 2 is 0.810 bits per heavy atom. The molecule has 0 amide bonds. The highest BCUT2D eigenvalue weighted by molar-refractivity contribution is 7.24. The normalized spacial score (nSPS) is 15.4. The van der Waals surface area contributed by atoms with Gasteiger partial charge in [0.05, 0.1) is 16.8 Å². The molecule has 63 heavy (non-hydrogen) atoms. The van der Waals surface area contributed by atoms with Crippen molar-refractivity contribution in [3.05, 3.63) is 221 Å². The fourth-order valence-corrected chi connectivity index (χ4v) is 17.9. The van der Waals surface area contributed by atoms with Crippen LogP contribution in [0.2, 0.25) is 0 Å². The van der Waals surface area contributed by atoms with Crippen LogP contribution in [-0.2, 0) is 16.2 Å². The molecule has 0 atom stereocenters. The zero-order chi connectivity index (χ0) is 42.6. The monoisotopic (exact) mass is 823 g/mol. The molecule has 3 heterocycles. The van der Waals surface area contributed by atoms with E-state index in [4.69, 9.17) is 0 Å². The molecule has 0 N–H and O–H groups in total. The molecule has 1 nitrogen and oxygen atoms in total. The Bertz CT molecular complexity index is 3320. The lowest BCUT2D eigenvalue weighted by molar-refractivity contribution is 0.586. The summed E-state index contributed by atoms with van der Waals surface area (Å²) in [6.07, 6.45) is 0. The molecule has 302 valence electrons. The Morgan fingerprint density at radius 3 is 1.37 bits per heavy atom. The van der Waals surface area contributed by atoms with Crippen LogP contribution in [0.3, 0.4) is 0 Å².